The van der Waals surface area contributed by atoms with Crippen LogP contribution in [0.3, 0.4) is 0 Å². The van der Waals surface area contributed by atoms with E-state index in [2.05, 4.69) is 41.5 Å². The Morgan fingerprint density at radius 1 is 0.284 bits per heavy atom. The first-order chi connectivity index (χ1) is 49.4. The molecular formula is C83H162O17P2. The second kappa shape index (κ2) is 74.5. The minimum atomic E-state index is -4.96. The number of ether oxygens (including phenoxy) is 4. The first-order valence-corrected chi connectivity index (χ1v) is 46.0. The maximum absolute atomic E-state index is 13.1. The van der Waals surface area contributed by atoms with Crippen LogP contribution in [-0.2, 0) is 65.4 Å². The Hall–Kier alpha value is -1.94. The van der Waals surface area contributed by atoms with Gasteiger partial charge in [-0.05, 0) is 37.5 Å². The van der Waals surface area contributed by atoms with E-state index in [-0.39, 0.29) is 25.7 Å². The molecule has 3 unspecified atom stereocenters. The summed E-state index contributed by atoms with van der Waals surface area (Å²) >= 11 is 0. The van der Waals surface area contributed by atoms with E-state index >= 15 is 0 Å². The van der Waals surface area contributed by atoms with Gasteiger partial charge in [-0.15, -0.1) is 0 Å². The summed E-state index contributed by atoms with van der Waals surface area (Å²) in [5.41, 5.74) is 0. The van der Waals surface area contributed by atoms with Crippen LogP contribution < -0.4 is 0 Å². The number of hydrogen-bond acceptors (Lipinski definition) is 15. The van der Waals surface area contributed by atoms with Crippen LogP contribution in [0.15, 0.2) is 0 Å². The normalized spacial score (nSPS) is 14.1. The third-order valence-corrected chi connectivity index (χ3v) is 21.7. The summed E-state index contributed by atoms with van der Waals surface area (Å²) in [6.45, 7) is 9.65. The molecule has 0 rings (SSSR count). The fraction of sp³-hybridized carbons (Fsp3) is 0.952. The highest BCUT2D eigenvalue weighted by molar-refractivity contribution is 7.47. The van der Waals surface area contributed by atoms with Crippen LogP contribution in [0.2, 0.25) is 0 Å². The SMILES string of the molecule is CCCCCCCCCCCCCCCCCCCC(=O)OC[C@H](COP(=O)(O)OC[C@@H](O)COP(=O)(O)OC[C@@H](COC(=O)CCCCCCCCC(C)CC)OC(=O)CCCCCCCCCCCCCCCC)OC(=O)CCCCCCCCCCCCCCCCCCCCC(C)C. The number of carbonyl (C=O) groups excluding carboxylic acids is 4. The molecule has 0 radical (unpaired) electrons. The number of aliphatic hydroxyl groups excluding tert-OH is 1. The minimum Gasteiger partial charge on any atom is -0.462 e. The summed E-state index contributed by atoms with van der Waals surface area (Å²) in [6, 6.07) is 0. The highest BCUT2D eigenvalue weighted by Gasteiger charge is 2.30. The summed E-state index contributed by atoms with van der Waals surface area (Å²) in [5.74, 6) is -0.555. The topological polar surface area (TPSA) is 237 Å². The van der Waals surface area contributed by atoms with E-state index in [9.17, 15) is 43.2 Å². The average Bonchev–Trinajstić information content (AvgIpc) is 0.927. The molecule has 17 nitrogen and oxygen atoms in total. The number of unbranched alkanes of at least 4 members (excludes halogenated alkanes) is 51. The molecule has 3 N–H and O–H groups in total. The number of rotatable bonds is 82. The van der Waals surface area contributed by atoms with Crippen molar-refractivity contribution < 1.29 is 80.2 Å². The quantitative estimate of drug-likeness (QED) is 0.0222. The van der Waals surface area contributed by atoms with Crippen LogP contribution >= 0.6 is 15.6 Å². The van der Waals surface area contributed by atoms with Gasteiger partial charge in [-0.2, -0.15) is 0 Å². The smallest absolute Gasteiger partial charge is 0.462 e. The Morgan fingerprint density at radius 2 is 0.500 bits per heavy atom. The minimum absolute atomic E-state index is 0.107. The van der Waals surface area contributed by atoms with E-state index in [1.54, 1.807) is 0 Å². The Balaban J connectivity index is 5.23. The Bertz CT molecular complexity index is 1960. The second-order valence-corrected chi connectivity index (χ2v) is 33.5. The number of esters is 4. The third kappa shape index (κ3) is 74.9. The van der Waals surface area contributed by atoms with E-state index in [0.29, 0.717) is 25.7 Å². The molecule has 19 heteroatoms. The Morgan fingerprint density at radius 3 is 0.745 bits per heavy atom. The fourth-order valence-corrected chi connectivity index (χ4v) is 14.4. The van der Waals surface area contributed by atoms with E-state index in [1.165, 1.54) is 250 Å². The fourth-order valence-electron chi connectivity index (χ4n) is 12.9. The average molecular weight is 1490 g/mol. The van der Waals surface area contributed by atoms with Crippen molar-refractivity contribution in [1.82, 2.24) is 0 Å². The van der Waals surface area contributed by atoms with Crippen molar-refractivity contribution in [3.05, 3.63) is 0 Å². The van der Waals surface area contributed by atoms with Crippen LogP contribution in [0.1, 0.15) is 440 Å². The van der Waals surface area contributed by atoms with Gasteiger partial charge < -0.3 is 33.8 Å². The Kier molecular flexibility index (Phi) is 73.1. The van der Waals surface area contributed by atoms with E-state index in [4.69, 9.17) is 37.0 Å². The van der Waals surface area contributed by atoms with Gasteiger partial charge in [0.1, 0.15) is 19.3 Å². The molecule has 0 aliphatic heterocycles. The van der Waals surface area contributed by atoms with Crippen molar-refractivity contribution in [2.24, 2.45) is 11.8 Å². The first-order valence-electron chi connectivity index (χ1n) is 43.0. The van der Waals surface area contributed by atoms with E-state index < -0.39 is 97.5 Å². The van der Waals surface area contributed by atoms with Gasteiger partial charge in [-0.25, -0.2) is 9.13 Å². The van der Waals surface area contributed by atoms with Crippen LogP contribution in [0.25, 0.3) is 0 Å². The summed E-state index contributed by atoms with van der Waals surface area (Å²) in [7, 11) is -9.92. The predicted molar refractivity (Wildman–Crippen MR) is 418 cm³/mol. The Labute approximate surface area is 626 Å². The van der Waals surface area contributed by atoms with Crippen molar-refractivity contribution in [3.63, 3.8) is 0 Å². The van der Waals surface area contributed by atoms with E-state index in [1.807, 2.05) is 0 Å². The lowest BCUT2D eigenvalue weighted by Gasteiger charge is -2.21. The van der Waals surface area contributed by atoms with Crippen molar-refractivity contribution in [3.8, 4) is 0 Å². The number of carbonyl (C=O) groups is 4. The molecule has 0 aromatic rings. The highest BCUT2D eigenvalue weighted by atomic mass is 31.2. The summed E-state index contributed by atoms with van der Waals surface area (Å²) in [4.78, 5) is 73.1. The molecule has 0 saturated heterocycles. The van der Waals surface area contributed by atoms with Crippen LogP contribution in [0.4, 0.5) is 0 Å². The van der Waals surface area contributed by atoms with Crippen molar-refractivity contribution in [1.29, 1.82) is 0 Å². The molecule has 0 amide bonds. The first kappa shape index (κ1) is 100. The summed E-state index contributed by atoms with van der Waals surface area (Å²) in [5, 5.41) is 10.7. The zero-order valence-corrected chi connectivity index (χ0v) is 68.7. The summed E-state index contributed by atoms with van der Waals surface area (Å²) in [6.07, 6.45) is 65.3. The van der Waals surface area contributed by atoms with Crippen LogP contribution in [0.5, 0.6) is 0 Å². The van der Waals surface area contributed by atoms with Gasteiger partial charge in [0.2, 0.25) is 0 Å². The molecule has 0 fully saturated rings. The number of phosphoric ester groups is 2. The van der Waals surface area contributed by atoms with Gasteiger partial charge in [-0.1, -0.05) is 388 Å². The summed E-state index contributed by atoms with van der Waals surface area (Å²) < 4.78 is 68.8. The standard InChI is InChI=1S/C83H162O17P2/c1-7-10-12-14-16-18-20-22-24-27-31-35-38-42-46-53-59-65-80(85)93-71-78(99-82(87)68-62-56-48-44-40-36-32-29-26-25-28-30-33-37-41-45-51-57-63-75(4)5)73-97-101(89,90)95-69-77(84)70-96-102(91,92)98-74-79(72-94-81(86)66-60-54-50-49-52-58-64-76(6)9-3)100-83(88)67-61-55-47-43-39-34-23-21-19-17-15-13-11-8-2/h75-79,84H,7-74H2,1-6H3,(H,89,90)(H,91,92)/t76?,77-,78-,79-/m1/s1. The molecule has 0 aromatic carbocycles. The second-order valence-electron chi connectivity index (χ2n) is 30.6. The molecule has 0 saturated carbocycles. The zero-order chi connectivity index (χ0) is 74.9. The number of phosphoric acid groups is 2. The predicted octanol–water partition coefficient (Wildman–Crippen LogP) is 25.1. The van der Waals surface area contributed by atoms with Crippen LogP contribution in [0, 0.1) is 11.8 Å². The largest absolute Gasteiger partial charge is 0.472 e. The number of aliphatic hydroxyl groups is 1. The molecule has 0 aliphatic rings. The molecule has 0 spiro atoms. The lowest BCUT2D eigenvalue weighted by Crippen LogP contribution is -2.30. The van der Waals surface area contributed by atoms with Gasteiger partial charge in [0.05, 0.1) is 26.4 Å². The lowest BCUT2D eigenvalue weighted by molar-refractivity contribution is -0.161. The maximum Gasteiger partial charge on any atom is 0.472 e. The maximum atomic E-state index is 13.1. The molecule has 0 bridgehead atoms. The van der Waals surface area contributed by atoms with Gasteiger partial charge in [-0.3, -0.25) is 37.3 Å². The molecule has 6 atom stereocenters. The molecule has 0 aromatic heterocycles. The molecule has 102 heavy (non-hydrogen) atoms. The van der Waals surface area contributed by atoms with E-state index in [0.717, 1.165) is 108 Å². The molecule has 0 aliphatic carbocycles. The molecular weight excluding hydrogens is 1330 g/mol. The highest BCUT2D eigenvalue weighted by Crippen LogP contribution is 2.45. The lowest BCUT2D eigenvalue weighted by atomic mass is 10.00. The number of hydrogen-bond donors (Lipinski definition) is 3. The zero-order valence-electron chi connectivity index (χ0n) is 66.9. The van der Waals surface area contributed by atoms with Gasteiger partial charge >= 0.3 is 39.5 Å². The van der Waals surface area contributed by atoms with Crippen LogP contribution in [-0.4, -0.2) is 96.7 Å². The van der Waals surface area contributed by atoms with Gasteiger partial charge in [0.25, 0.3) is 0 Å². The molecule has 0 heterocycles. The van der Waals surface area contributed by atoms with Gasteiger partial charge in [0.15, 0.2) is 12.2 Å². The van der Waals surface area contributed by atoms with Gasteiger partial charge in [0, 0.05) is 25.7 Å². The van der Waals surface area contributed by atoms with Crippen molar-refractivity contribution >= 4 is 39.5 Å². The monoisotopic (exact) mass is 1490 g/mol. The van der Waals surface area contributed by atoms with Crippen molar-refractivity contribution in [2.75, 3.05) is 39.6 Å². The third-order valence-electron chi connectivity index (χ3n) is 19.8. The van der Waals surface area contributed by atoms with Crippen molar-refractivity contribution in [2.45, 2.75) is 458 Å². The molecule has 606 valence electrons.